The normalized spacial score (nSPS) is 11.7. The molecule has 0 atom stereocenters. The van der Waals surface area contributed by atoms with E-state index in [0.29, 0.717) is 6.42 Å². The van der Waals surface area contributed by atoms with E-state index < -0.39 is 10.3 Å². The predicted molar refractivity (Wildman–Crippen MR) is 103 cm³/mol. The zero-order valence-corrected chi connectivity index (χ0v) is 15.1. The molecule has 3 aromatic rings. The van der Waals surface area contributed by atoms with Gasteiger partial charge in [-0.25, -0.2) is 0 Å². The fourth-order valence-electron chi connectivity index (χ4n) is 2.77. The third-order valence-electron chi connectivity index (χ3n) is 3.90. The molecule has 0 radical (unpaired) electrons. The molecule has 3 aromatic carbocycles. The number of benzene rings is 3. The summed E-state index contributed by atoms with van der Waals surface area (Å²) in [6, 6.07) is 30.2. The Balaban J connectivity index is 2.26. The zero-order valence-electron chi connectivity index (χ0n) is 14.3. The van der Waals surface area contributed by atoms with Gasteiger partial charge in [-0.2, -0.15) is 0 Å². The molecule has 0 bridgehead atoms. The molecule has 0 fully saturated rings. The molecule has 2 nitrogen and oxygen atoms in total. The van der Waals surface area contributed by atoms with Crippen LogP contribution in [0.15, 0.2) is 106 Å². The van der Waals surface area contributed by atoms with E-state index in [1.165, 1.54) is 0 Å². The van der Waals surface area contributed by atoms with Crippen LogP contribution < -0.4 is 0 Å². The Bertz CT molecular complexity index is 705. The minimum Gasteiger partial charge on any atom is -0.402 e. The maximum absolute atomic E-state index is 12.6. The van der Waals surface area contributed by atoms with Crippen molar-refractivity contribution in [3.8, 4) is 0 Å². The summed E-state index contributed by atoms with van der Waals surface area (Å²) in [5.41, 5.74) is 0. The lowest BCUT2D eigenvalue weighted by Crippen LogP contribution is -2.13. The van der Waals surface area contributed by atoms with Gasteiger partial charge in [-0.15, -0.1) is 0 Å². The van der Waals surface area contributed by atoms with E-state index in [4.69, 9.17) is 4.18 Å². The molecule has 0 N–H and O–H groups in total. The quantitative estimate of drug-likeness (QED) is 0.527. The summed E-state index contributed by atoms with van der Waals surface area (Å²) in [6.07, 6.45) is 1.19. The van der Waals surface area contributed by atoms with E-state index >= 15 is 0 Å². The van der Waals surface area contributed by atoms with Gasteiger partial charge in [-0.1, -0.05) is 61.5 Å². The highest BCUT2D eigenvalue weighted by Gasteiger charge is 2.35. The van der Waals surface area contributed by atoms with Gasteiger partial charge in [-0.05, 0) is 53.1 Å². The summed E-state index contributed by atoms with van der Waals surface area (Å²) in [5, 5.41) is 0. The highest BCUT2D eigenvalue weighted by atomic mass is 32.3. The van der Waals surface area contributed by atoms with Crippen molar-refractivity contribution in [2.75, 3.05) is 0 Å². The molecule has 0 aromatic heterocycles. The standard InChI is InChI=1S/C22H22O2S/c1-2-12-22(23)24-25(19-13-6-3-7-14-19,20-15-8-4-9-16-20)21-17-10-5-11-18-21/h3-11,13-18H,2,12H2,1H3. The van der Waals surface area contributed by atoms with Gasteiger partial charge in [0.05, 0.1) is 0 Å². The molecule has 3 heteroatoms. The van der Waals surface area contributed by atoms with Gasteiger partial charge in [-0.3, -0.25) is 4.79 Å². The summed E-state index contributed by atoms with van der Waals surface area (Å²) in [5.74, 6) is -0.158. The van der Waals surface area contributed by atoms with Gasteiger partial charge in [0, 0.05) is 21.1 Å². The zero-order chi connectivity index (χ0) is 17.5. The Morgan fingerprint density at radius 3 is 1.40 bits per heavy atom. The Hall–Kier alpha value is -2.52. The molecular weight excluding hydrogens is 328 g/mol. The highest BCUT2D eigenvalue weighted by molar-refractivity contribution is 8.30. The molecule has 0 saturated heterocycles. The van der Waals surface area contributed by atoms with Gasteiger partial charge in [0.25, 0.3) is 0 Å². The molecule has 0 aliphatic rings. The molecule has 0 unspecified atom stereocenters. The molecule has 0 heterocycles. The minimum atomic E-state index is -2.10. The average molecular weight is 350 g/mol. The Morgan fingerprint density at radius 2 is 1.08 bits per heavy atom. The van der Waals surface area contributed by atoms with Crippen molar-refractivity contribution in [3.05, 3.63) is 91.0 Å². The first-order valence-corrected chi connectivity index (χ1v) is 10.0. The van der Waals surface area contributed by atoms with Gasteiger partial charge < -0.3 is 4.18 Å². The van der Waals surface area contributed by atoms with Crippen LogP contribution >= 0.6 is 10.3 Å². The largest absolute Gasteiger partial charge is 0.402 e. The maximum atomic E-state index is 12.6. The first-order valence-electron chi connectivity index (χ1n) is 8.48. The Labute approximate surface area is 151 Å². The van der Waals surface area contributed by atoms with Gasteiger partial charge >= 0.3 is 5.97 Å². The van der Waals surface area contributed by atoms with Gasteiger partial charge in [0.2, 0.25) is 0 Å². The lowest BCUT2D eigenvalue weighted by Gasteiger charge is -2.39. The van der Waals surface area contributed by atoms with E-state index in [1.807, 2.05) is 61.5 Å². The molecule has 25 heavy (non-hydrogen) atoms. The number of hydrogen-bond acceptors (Lipinski definition) is 2. The molecule has 0 aliphatic heterocycles. The second-order valence-electron chi connectivity index (χ2n) is 5.70. The molecule has 128 valence electrons. The van der Waals surface area contributed by atoms with Crippen molar-refractivity contribution in [1.29, 1.82) is 0 Å². The Morgan fingerprint density at radius 1 is 0.720 bits per heavy atom. The van der Waals surface area contributed by atoms with E-state index in [9.17, 15) is 4.79 Å². The van der Waals surface area contributed by atoms with Gasteiger partial charge in [0.15, 0.2) is 0 Å². The fourth-order valence-corrected chi connectivity index (χ4v) is 5.86. The summed E-state index contributed by atoms with van der Waals surface area (Å²) in [6.45, 7) is 1.99. The first-order chi connectivity index (χ1) is 12.3. The Kier molecular flexibility index (Phi) is 5.56. The molecule has 3 rings (SSSR count). The number of carbonyl (C=O) groups excluding carboxylic acids is 1. The van der Waals surface area contributed by atoms with Crippen LogP contribution in [0.25, 0.3) is 0 Å². The summed E-state index contributed by atoms with van der Waals surface area (Å²) in [4.78, 5) is 15.7. The van der Waals surface area contributed by atoms with Crippen molar-refractivity contribution in [3.63, 3.8) is 0 Å². The summed E-state index contributed by atoms with van der Waals surface area (Å²) in [7, 11) is -2.10. The van der Waals surface area contributed by atoms with E-state index in [-0.39, 0.29) is 5.97 Å². The van der Waals surface area contributed by atoms with Crippen LogP contribution in [0.1, 0.15) is 19.8 Å². The van der Waals surface area contributed by atoms with Crippen molar-refractivity contribution in [2.24, 2.45) is 0 Å². The number of rotatable bonds is 6. The average Bonchev–Trinajstić information content (AvgIpc) is 2.68. The molecule has 0 aliphatic carbocycles. The van der Waals surface area contributed by atoms with Crippen LogP contribution in [-0.4, -0.2) is 5.97 Å². The van der Waals surface area contributed by atoms with Crippen molar-refractivity contribution in [1.82, 2.24) is 0 Å². The van der Waals surface area contributed by atoms with E-state index in [1.54, 1.807) is 0 Å². The van der Waals surface area contributed by atoms with E-state index in [0.717, 1.165) is 21.1 Å². The lowest BCUT2D eigenvalue weighted by atomic mass is 10.3. The predicted octanol–water partition coefficient (Wildman–Crippen LogP) is 6.23. The van der Waals surface area contributed by atoms with Crippen LogP contribution in [0.2, 0.25) is 0 Å². The van der Waals surface area contributed by atoms with Crippen LogP contribution in [0.3, 0.4) is 0 Å². The second-order valence-corrected chi connectivity index (χ2v) is 8.39. The van der Waals surface area contributed by atoms with Crippen LogP contribution in [0, 0.1) is 0 Å². The smallest absolute Gasteiger partial charge is 0.317 e. The molecule has 0 amide bonds. The van der Waals surface area contributed by atoms with Crippen molar-refractivity contribution in [2.45, 2.75) is 34.5 Å². The highest BCUT2D eigenvalue weighted by Crippen LogP contribution is 2.69. The molecule has 0 spiro atoms. The SMILES string of the molecule is CCCC(=O)OS(c1ccccc1)(c1ccccc1)c1ccccc1. The summed E-state index contributed by atoms with van der Waals surface area (Å²) >= 11 is 0. The monoisotopic (exact) mass is 350 g/mol. The summed E-state index contributed by atoms with van der Waals surface area (Å²) < 4.78 is 6.28. The fraction of sp³-hybridized carbons (Fsp3) is 0.136. The van der Waals surface area contributed by atoms with Crippen LogP contribution in [0.5, 0.6) is 0 Å². The van der Waals surface area contributed by atoms with Crippen LogP contribution in [-0.2, 0) is 8.98 Å². The topological polar surface area (TPSA) is 26.3 Å². The lowest BCUT2D eigenvalue weighted by molar-refractivity contribution is -0.133. The second kappa shape index (κ2) is 8.04. The van der Waals surface area contributed by atoms with Crippen LogP contribution in [0.4, 0.5) is 0 Å². The third kappa shape index (κ3) is 3.62. The first kappa shape index (κ1) is 17.3. The van der Waals surface area contributed by atoms with Crippen molar-refractivity contribution >= 4 is 16.3 Å². The number of hydrogen-bond donors (Lipinski definition) is 0. The van der Waals surface area contributed by atoms with E-state index in [2.05, 4.69) is 36.4 Å². The molecule has 0 saturated carbocycles. The minimum absolute atomic E-state index is 0.158. The molecular formula is C22H22O2S. The third-order valence-corrected chi connectivity index (χ3v) is 7.14. The van der Waals surface area contributed by atoms with Crippen molar-refractivity contribution < 1.29 is 8.98 Å². The number of carbonyl (C=O) groups is 1. The maximum Gasteiger partial charge on any atom is 0.317 e. The van der Waals surface area contributed by atoms with Gasteiger partial charge in [0.1, 0.15) is 0 Å².